The smallest absolute Gasteiger partial charge is 0.329 e. The van der Waals surface area contributed by atoms with Crippen molar-refractivity contribution in [1.82, 2.24) is 14.7 Å². The van der Waals surface area contributed by atoms with Gasteiger partial charge in [0.25, 0.3) is 5.91 Å². The summed E-state index contributed by atoms with van der Waals surface area (Å²) in [5.41, 5.74) is 8.44. The molecule has 2 N–H and O–H groups in total. The Morgan fingerprint density at radius 3 is 1.91 bits per heavy atom. The van der Waals surface area contributed by atoms with E-state index in [4.69, 9.17) is 5.21 Å². The van der Waals surface area contributed by atoms with Crippen LogP contribution < -0.4 is 5.48 Å². The zero-order chi connectivity index (χ0) is 24.0. The molecule has 1 aromatic carbocycles. The number of hydrogen-bond donors (Lipinski definition) is 2. The molecule has 0 aliphatic carbocycles. The number of carbonyl (C=O) groups excluding carboxylic acids is 1. The maximum absolute atomic E-state index is 12.6. The van der Waals surface area contributed by atoms with Crippen LogP contribution in [-0.2, 0) is 53.9 Å². The van der Waals surface area contributed by atoms with Crippen molar-refractivity contribution in [2.24, 2.45) is 0 Å². The fourth-order valence-electron chi connectivity index (χ4n) is 4.02. The number of hydrogen-bond acceptors (Lipinski definition) is 5. The molecule has 1 saturated heterocycles. The molecule has 0 aromatic heterocycles. The minimum Gasteiger partial charge on any atom is -0.329 e. The van der Waals surface area contributed by atoms with Crippen LogP contribution in [0.4, 0.5) is 0 Å². The van der Waals surface area contributed by atoms with E-state index in [0.29, 0.717) is 13.1 Å². The third kappa shape index (κ3) is 6.60. The van der Waals surface area contributed by atoms with Crippen LogP contribution in [-0.4, -0.2) is 66.7 Å². The molecule has 0 bridgehead atoms. The van der Waals surface area contributed by atoms with Crippen LogP contribution in [0, 0.1) is 47.6 Å². The molecule has 1 aliphatic heterocycles. The number of amides is 1. The minimum absolute atomic E-state index is 0. The average Bonchev–Trinajstić information content (AvgIpc) is 2.74. The number of likely N-dealkylation sites (tertiary alicyclic amines) is 1. The molecule has 1 aliphatic rings. The van der Waals surface area contributed by atoms with Crippen molar-refractivity contribution in [1.29, 1.82) is 0 Å². The van der Waals surface area contributed by atoms with Gasteiger partial charge in [0.2, 0.25) is 10.0 Å². The van der Waals surface area contributed by atoms with E-state index in [1.165, 1.54) is 33.3 Å². The molecule has 0 radical (unpaired) electrons. The minimum atomic E-state index is -3.91. The molecule has 178 valence electrons. The molecule has 9 heteroatoms. The van der Waals surface area contributed by atoms with Crippen LogP contribution in [0.3, 0.4) is 0 Å². The summed E-state index contributed by atoms with van der Waals surface area (Å²) >= 11 is 0. The van der Waals surface area contributed by atoms with E-state index in [0.717, 1.165) is 10.7 Å². The number of rotatable bonds is 6. The molecule has 0 saturated carbocycles. The summed E-state index contributed by atoms with van der Waals surface area (Å²) in [5, 5.41) is 8.88. The topological polar surface area (TPSA) is 90.0 Å². The predicted molar refractivity (Wildman–Crippen MR) is 124 cm³/mol. The Bertz CT molecular complexity index is 836. The summed E-state index contributed by atoms with van der Waals surface area (Å²) in [6.07, 6.45) is 1.40. The van der Waals surface area contributed by atoms with E-state index in [1.807, 2.05) is 11.9 Å². The van der Waals surface area contributed by atoms with E-state index in [9.17, 15) is 13.2 Å². The van der Waals surface area contributed by atoms with Crippen LogP contribution in [0.5, 0.6) is 0 Å². The van der Waals surface area contributed by atoms with Gasteiger partial charge in [0.05, 0.1) is 0 Å². The van der Waals surface area contributed by atoms with E-state index >= 15 is 0 Å². The Hall–Kier alpha value is -0.376. The fraction of sp³-hybridized carbons (Fsp3) is 0.609. The number of nitrogens with zero attached hydrogens (tertiary/aromatic N) is 2. The Kier molecular flexibility index (Phi) is 13.3. The van der Waals surface area contributed by atoms with Crippen molar-refractivity contribution < 1.29 is 51.1 Å². The van der Waals surface area contributed by atoms with Crippen molar-refractivity contribution in [3.63, 3.8) is 0 Å². The molecule has 7 nitrogen and oxygen atoms in total. The van der Waals surface area contributed by atoms with Crippen molar-refractivity contribution in [3.05, 3.63) is 47.7 Å². The third-order valence-electron chi connectivity index (χ3n) is 6.40. The zero-order valence-corrected chi connectivity index (χ0v) is 24.1. The maximum Gasteiger partial charge on any atom is 3.00 e. The summed E-state index contributed by atoms with van der Waals surface area (Å²) < 4.78 is 24.7. The Balaban J connectivity index is 0.000000639. The summed E-state index contributed by atoms with van der Waals surface area (Å²) in [7, 11) is -2.06. The normalized spacial score (nSPS) is 16.1. The van der Waals surface area contributed by atoms with E-state index in [2.05, 4.69) is 54.5 Å². The summed E-state index contributed by atoms with van der Waals surface area (Å²) in [4.78, 5) is 13.9. The molecular formula is C23H38N3O4SY. The Labute approximate surface area is 220 Å². The van der Waals surface area contributed by atoms with Gasteiger partial charge in [-0.05, 0) is 33.0 Å². The number of sulfonamides is 1. The molecule has 0 spiro atoms. The van der Waals surface area contributed by atoms with Gasteiger partial charge in [-0.15, -0.1) is 13.1 Å². The number of benzene rings is 1. The number of carbonyl (C=O) groups is 1. The van der Waals surface area contributed by atoms with Crippen molar-refractivity contribution >= 4 is 15.9 Å². The summed E-state index contributed by atoms with van der Waals surface area (Å²) in [6.45, 7) is 18.9. The van der Waals surface area contributed by atoms with Crippen LogP contribution in [0.1, 0.15) is 47.6 Å². The maximum atomic E-state index is 12.6. The molecule has 1 amide bonds. The first kappa shape index (κ1) is 31.6. The van der Waals surface area contributed by atoms with Gasteiger partial charge in [-0.1, -0.05) is 41.0 Å². The van der Waals surface area contributed by atoms with Gasteiger partial charge < -0.3 is 18.7 Å². The van der Waals surface area contributed by atoms with Gasteiger partial charge in [-0.2, -0.15) is 33.9 Å². The molecule has 32 heavy (non-hydrogen) atoms. The predicted octanol–water partition coefficient (Wildman–Crippen LogP) is 2.54. The quantitative estimate of drug-likeness (QED) is 0.328. The Morgan fingerprint density at radius 2 is 1.56 bits per heavy atom. The molecule has 1 heterocycles. The monoisotopic (exact) mass is 541 g/mol. The first-order chi connectivity index (χ1) is 14.4. The van der Waals surface area contributed by atoms with Gasteiger partial charge in [-0.25, -0.2) is 13.9 Å². The summed E-state index contributed by atoms with van der Waals surface area (Å²) in [6, 6.07) is 3.38. The second kappa shape index (κ2) is 13.5. The molecule has 0 unspecified atom stereocenters. The molecule has 0 atom stereocenters. The summed E-state index contributed by atoms with van der Waals surface area (Å²) in [5.74, 6) is -0.882. The van der Waals surface area contributed by atoms with Crippen LogP contribution in [0.15, 0.2) is 0 Å². The first-order valence-corrected chi connectivity index (χ1v) is 12.1. The second-order valence-corrected chi connectivity index (χ2v) is 10.3. The standard InChI is InChI=1S/C12H17.C11H21N3O4S.Y/c1-6-12-10(4)8(2)7-9(3)11(12)5;1-4-14(5-2)19(17,18)11(10(15)12-16)6-8-13(3)9-7-11;/h6H2,1-5H3;16H,1-2,4-9H2,3H3,(H,12,15);/q-1;-2;+3. The van der Waals surface area contributed by atoms with Gasteiger partial charge in [0, 0.05) is 0 Å². The van der Waals surface area contributed by atoms with Crippen LogP contribution in [0.25, 0.3) is 0 Å². The number of aryl methyl sites for hydroxylation is 2. The second-order valence-electron chi connectivity index (χ2n) is 8.10. The van der Waals surface area contributed by atoms with Gasteiger partial charge >= 0.3 is 32.7 Å². The number of piperidine rings is 1. The SMILES string of the molecule is CCc1c(C)c(C)[c-]c(C)c1C.[CH2-]CN(C[CH2-])S(=O)(=O)C1(C(=O)NO)CCN(C)CC1.[Y+3]. The average molecular weight is 542 g/mol. The van der Waals surface area contributed by atoms with E-state index in [-0.39, 0.29) is 58.6 Å². The van der Waals surface area contributed by atoms with E-state index < -0.39 is 20.7 Å². The van der Waals surface area contributed by atoms with Crippen molar-refractivity contribution in [2.75, 3.05) is 33.2 Å². The molecular weight excluding hydrogens is 503 g/mol. The van der Waals surface area contributed by atoms with Crippen LogP contribution in [0.2, 0.25) is 0 Å². The van der Waals surface area contributed by atoms with Crippen molar-refractivity contribution in [3.8, 4) is 0 Å². The molecule has 2 rings (SSSR count). The third-order valence-corrected chi connectivity index (χ3v) is 9.03. The van der Waals surface area contributed by atoms with E-state index in [1.54, 1.807) is 0 Å². The first-order valence-electron chi connectivity index (χ1n) is 10.6. The molecule has 1 fully saturated rings. The zero-order valence-electron chi connectivity index (χ0n) is 20.4. The largest absolute Gasteiger partial charge is 3.00 e. The van der Waals surface area contributed by atoms with Gasteiger partial charge in [0.1, 0.15) is 0 Å². The Morgan fingerprint density at radius 1 is 1.12 bits per heavy atom. The number of hydroxylamine groups is 1. The van der Waals surface area contributed by atoms with Gasteiger partial charge in [0.15, 0.2) is 4.75 Å². The fourth-order valence-corrected chi connectivity index (χ4v) is 5.97. The van der Waals surface area contributed by atoms with Gasteiger partial charge in [-0.3, -0.25) is 14.3 Å². The molecule has 1 aromatic rings. The van der Waals surface area contributed by atoms with Crippen LogP contribution >= 0.6 is 0 Å². The number of nitrogens with one attached hydrogen (secondary N) is 1. The van der Waals surface area contributed by atoms with Crippen molar-refractivity contribution in [2.45, 2.75) is 58.6 Å².